The summed E-state index contributed by atoms with van der Waals surface area (Å²) in [5, 5.41) is 0. The molecule has 1 heteroatoms. The first-order valence-electron chi connectivity index (χ1n) is 2.92. The van der Waals surface area contributed by atoms with E-state index >= 15 is 0 Å². The standard InChI is InChI=1S/C7H12O/c1-3-7(4-2)5-6-8/h3,6H,4-5H2,1-2H3. The van der Waals surface area contributed by atoms with Gasteiger partial charge in [0.1, 0.15) is 6.29 Å². The first-order valence-corrected chi connectivity index (χ1v) is 2.92. The Morgan fingerprint density at radius 3 is 2.38 bits per heavy atom. The molecule has 0 bridgehead atoms. The van der Waals surface area contributed by atoms with E-state index in [0.717, 1.165) is 12.7 Å². The van der Waals surface area contributed by atoms with Crippen molar-refractivity contribution in [3.63, 3.8) is 0 Å². The fraction of sp³-hybridized carbons (Fsp3) is 0.571. The lowest BCUT2D eigenvalue weighted by atomic mass is 10.1. The maximum atomic E-state index is 9.89. The maximum Gasteiger partial charge on any atom is 0.124 e. The van der Waals surface area contributed by atoms with Crippen molar-refractivity contribution >= 4 is 6.29 Å². The minimum atomic E-state index is 0.604. The average Bonchev–Trinajstić information content (AvgIpc) is 1.83. The Kier molecular flexibility index (Phi) is 4.23. The zero-order valence-electron chi connectivity index (χ0n) is 5.48. The summed E-state index contributed by atoms with van der Waals surface area (Å²) in [5.41, 5.74) is 1.22. The van der Waals surface area contributed by atoms with E-state index < -0.39 is 0 Å². The Balaban J connectivity index is 3.53. The van der Waals surface area contributed by atoms with E-state index in [1.807, 2.05) is 13.0 Å². The molecule has 0 N–H and O–H groups in total. The van der Waals surface area contributed by atoms with Gasteiger partial charge in [-0.15, -0.1) is 0 Å². The third-order valence-corrected chi connectivity index (χ3v) is 1.21. The highest BCUT2D eigenvalue weighted by Crippen LogP contribution is 2.01. The molecule has 0 atom stereocenters. The van der Waals surface area contributed by atoms with Gasteiger partial charge < -0.3 is 4.79 Å². The van der Waals surface area contributed by atoms with Crippen LogP contribution < -0.4 is 0 Å². The van der Waals surface area contributed by atoms with Crippen molar-refractivity contribution in [3.8, 4) is 0 Å². The second-order valence-electron chi connectivity index (χ2n) is 1.67. The quantitative estimate of drug-likeness (QED) is 0.402. The molecule has 0 heterocycles. The number of rotatable bonds is 3. The lowest BCUT2D eigenvalue weighted by Gasteiger charge is -1.92. The predicted molar refractivity (Wildman–Crippen MR) is 34.7 cm³/mol. The summed E-state index contributed by atoms with van der Waals surface area (Å²) in [6.45, 7) is 4.02. The molecular formula is C7H12O. The molecule has 0 rings (SSSR count). The smallest absolute Gasteiger partial charge is 0.124 e. The highest BCUT2D eigenvalue weighted by atomic mass is 16.1. The zero-order valence-corrected chi connectivity index (χ0v) is 5.48. The van der Waals surface area contributed by atoms with Gasteiger partial charge in [0.2, 0.25) is 0 Å². The van der Waals surface area contributed by atoms with Crippen LogP contribution in [-0.4, -0.2) is 6.29 Å². The summed E-state index contributed by atoms with van der Waals surface area (Å²) in [7, 11) is 0. The first kappa shape index (κ1) is 7.41. The summed E-state index contributed by atoms with van der Waals surface area (Å²) in [6, 6.07) is 0. The lowest BCUT2D eigenvalue weighted by molar-refractivity contribution is -0.107. The number of carbonyl (C=O) groups is 1. The van der Waals surface area contributed by atoms with Gasteiger partial charge in [0.25, 0.3) is 0 Å². The molecule has 1 nitrogen and oxygen atoms in total. The molecule has 0 saturated carbocycles. The summed E-state index contributed by atoms with van der Waals surface area (Å²) in [6.07, 6.45) is 4.54. The molecule has 0 aromatic carbocycles. The molecule has 0 aromatic heterocycles. The van der Waals surface area contributed by atoms with Crippen LogP contribution in [0.3, 0.4) is 0 Å². The van der Waals surface area contributed by atoms with Gasteiger partial charge in [-0.3, -0.25) is 0 Å². The van der Waals surface area contributed by atoms with E-state index in [1.165, 1.54) is 5.57 Å². The Bertz CT molecular complexity index is 92.6. The number of aldehydes is 1. The molecule has 0 aliphatic heterocycles. The monoisotopic (exact) mass is 112 g/mol. The summed E-state index contributed by atoms with van der Waals surface area (Å²) in [4.78, 5) is 9.89. The van der Waals surface area contributed by atoms with Gasteiger partial charge in [-0.2, -0.15) is 0 Å². The van der Waals surface area contributed by atoms with Crippen LogP contribution in [0, 0.1) is 0 Å². The van der Waals surface area contributed by atoms with Crippen LogP contribution in [0.5, 0.6) is 0 Å². The van der Waals surface area contributed by atoms with Gasteiger partial charge in [-0.05, 0) is 13.3 Å². The third-order valence-electron chi connectivity index (χ3n) is 1.21. The highest BCUT2D eigenvalue weighted by Gasteiger charge is 1.87. The van der Waals surface area contributed by atoms with Crippen LogP contribution >= 0.6 is 0 Å². The molecule has 0 aliphatic rings. The minimum Gasteiger partial charge on any atom is -0.303 e. The number of allylic oxidation sites excluding steroid dienone is 2. The van der Waals surface area contributed by atoms with E-state index in [1.54, 1.807) is 0 Å². The zero-order chi connectivity index (χ0) is 6.41. The second kappa shape index (κ2) is 4.57. The Morgan fingerprint density at radius 2 is 2.25 bits per heavy atom. The van der Waals surface area contributed by atoms with Crippen molar-refractivity contribution in [3.05, 3.63) is 11.6 Å². The fourth-order valence-corrected chi connectivity index (χ4v) is 0.573. The molecule has 0 spiro atoms. The molecule has 0 amide bonds. The molecule has 0 saturated heterocycles. The lowest BCUT2D eigenvalue weighted by Crippen LogP contribution is -1.79. The number of hydrogen-bond acceptors (Lipinski definition) is 1. The van der Waals surface area contributed by atoms with Crippen LogP contribution in [0.4, 0.5) is 0 Å². The summed E-state index contributed by atoms with van der Waals surface area (Å²) < 4.78 is 0. The molecule has 46 valence electrons. The van der Waals surface area contributed by atoms with Crippen molar-refractivity contribution in [2.24, 2.45) is 0 Å². The Labute approximate surface area is 50.4 Å². The maximum absolute atomic E-state index is 9.89. The Hall–Kier alpha value is -0.590. The van der Waals surface area contributed by atoms with E-state index in [4.69, 9.17) is 0 Å². The minimum absolute atomic E-state index is 0.604. The molecule has 0 fully saturated rings. The molecule has 8 heavy (non-hydrogen) atoms. The molecule has 0 radical (unpaired) electrons. The van der Waals surface area contributed by atoms with E-state index in [-0.39, 0.29) is 0 Å². The number of carbonyl (C=O) groups excluding carboxylic acids is 1. The Morgan fingerprint density at radius 1 is 1.62 bits per heavy atom. The van der Waals surface area contributed by atoms with Crippen LogP contribution in [0.2, 0.25) is 0 Å². The first-order chi connectivity index (χ1) is 3.85. The summed E-state index contributed by atoms with van der Waals surface area (Å²) in [5.74, 6) is 0. The molecular weight excluding hydrogens is 100 g/mol. The van der Waals surface area contributed by atoms with Crippen molar-refractivity contribution in [2.75, 3.05) is 0 Å². The largest absolute Gasteiger partial charge is 0.303 e. The topological polar surface area (TPSA) is 17.1 Å². The average molecular weight is 112 g/mol. The van der Waals surface area contributed by atoms with E-state index in [9.17, 15) is 4.79 Å². The second-order valence-corrected chi connectivity index (χ2v) is 1.67. The normalized spacial score (nSPS) is 11.5. The number of hydrogen-bond donors (Lipinski definition) is 0. The van der Waals surface area contributed by atoms with Gasteiger partial charge in [0.05, 0.1) is 0 Å². The van der Waals surface area contributed by atoms with Crippen molar-refractivity contribution in [2.45, 2.75) is 26.7 Å². The van der Waals surface area contributed by atoms with Crippen molar-refractivity contribution in [1.82, 2.24) is 0 Å². The third kappa shape index (κ3) is 2.56. The highest BCUT2D eigenvalue weighted by molar-refractivity contribution is 5.54. The van der Waals surface area contributed by atoms with Crippen LogP contribution in [-0.2, 0) is 4.79 Å². The molecule has 0 aromatic rings. The van der Waals surface area contributed by atoms with Gasteiger partial charge in [-0.25, -0.2) is 0 Å². The van der Waals surface area contributed by atoms with Gasteiger partial charge in [0.15, 0.2) is 0 Å². The fourth-order valence-electron chi connectivity index (χ4n) is 0.573. The van der Waals surface area contributed by atoms with Gasteiger partial charge in [-0.1, -0.05) is 18.6 Å². The molecule has 0 unspecified atom stereocenters. The SMILES string of the molecule is CC=C(CC)CC=O. The van der Waals surface area contributed by atoms with Crippen LogP contribution in [0.1, 0.15) is 26.7 Å². The van der Waals surface area contributed by atoms with Crippen LogP contribution in [0.15, 0.2) is 11.6 Å². The van der Waals surface area contributed by atoms with Crippen molar-refractivity contribution in [1.29, 1.82) is 0 Å². The van der Waals surface area contributed by atoms with E-state index in [0.29, 0.717) is 6.42 Å². The van der Waals surface area contributed by atoms with Gasteiger partial charge >= 0.3 is 0 Å². The van der Waals surface area contributed by atoms with E-state index in [2.05, 4.69) is 6.92 Å². The summed E-state index contributed by atoms with van der Waals surface area (Å²) >= 11 is 0. The van der Waals surface area contributed by atoms with Crippen LogP contribution in [0.25, 0.3) is 0 Å². The molecule has 0 aliphatic carbocycles. The van der Waals surface area contributed by atoms with Gasteiger partial charge in [0, 0.05) is 6.42 Å². The van der Waals surface area contributed by atoms with Crippen molar-refractivity contribution < 1.29 is 4.79 Å². The predicted octanol–water partition coefficient (Wildman–Crippen LogP) is 1.93.